The summed E-state index contributed by atoms with van der Waals surface area (Å²) in [5, 5.41) is 24.9. The van der Waals surface area contributed by atoms with Gasteiger partial charge in [0.05, 0.1) is 12.1 Å². The molecular formula is C21H32N4O3. The Morgan fingerprint density at radius 3 is 2.61 bits per heavy atom. The van der Waals surface area contributed by atoms with Crippen LogP contribution in [0.25, 0.3) is 0 Å². The molecule has 0 aromatic carbocycles. The molecular weight excluding hydrogens is 356 g/mol. The lowest BCUT2D eigenvalue weighted by Crippen LogP contribution is -2.53. The first-order valence-corrected chi connectivity index (χ1v) is 10.6. The normalized spacial score (nSPS) is 25.5. The molecule has 0 saturated carbocycles. The van der Waals surface area contributed by atoms with Gasteiger partial charge in [0, 0.05) is 36.9 Å². The van der Waals surface area contributed by atoms with E-state index in [1.165, 1.54) is 12.8 Å². The number of nitrogens with zero attached hydrogens (tertiary/aromatic N) is 4. The van der Waals surface area contributed by atoms with Gasteiger partial charge >= 0.3 is 5.97 Å². The number of likely N-dealkylation sites (tertiary alicyclic amines) is 2. The lowest BCUT2D eigenvalue weighted by Gasteiger charge is -2.44. The summed E-state index contributed by atoms with van der Waals surface area (Å²) >= 11 is 0. The van der Waals surface area contributed by atoms with Gasteiger partial charge in [-0.15, -0.1) is 6.58 Å². The van der Waals surface area contributed by atoms with Crippen LogP contribution in [0.4, 0.5) is 0 Å². The van der Waals surface area contributed by atoms with E-state index in [0.29, 0.717) is 12.6 Å². The summed E-state index contributed by atoms with van der Waals surface area (Å²) in [6, 6.07) is 0.336. The van der Waals surface area contributed by atoms with Crippen molar-refractivity contribution in [3.63, 3.8) is 0 Å². The summed E-state index contributed by atoms with van der Waals surface area (Å²) in [6.45, 7) is 9.10. The fourth-order valence-electron chi connectivity index (χ4n) is 5.25. The molecule has 2 aliphatic heterocycles. The Morgan fingerprint density at radius 1 is 1.25 bits per heavy atom. The van der Waals surface area contributed by atoms with Gasteiger partial charge in [0.2, 0.25) is 0 Å². The minimum absolute atomic E-state index is 0.198. The van der Waals surface area contributed by atoms with E-state index in [-0.39, 0.29) is 5.69 Å². The average molecular weight is 389 g/mol. The van der Waals surface area contributed by atoms with Crippen LogP contribution in [-0.4, -0.2) is 80.1 Å². The van der Waals surface area contributed by atoms with Gasteiger partial charge in [0.15, 0.2) is 5.69 Å². The third kappa shape index (κ3) is 3.88. The first-order chi connectivity index (χ1) is 13.5. The fraction of sp³-hybridized carbons (Fsp3) is 0.714. The molecule has 3 aliphatic rings. The van der Waals surface area contributed by atoms with E-state index < -0.39 is 11.6 Å². The van der Waals surface area contributed by atoms with Crippen molar-refractivity contribution < 1.29 is 15.0 Å². The maximum Gasteiger partial charge on any atom is 0.356 e. The number of rotatable bonds is 6. The summed E-state index contributed by atoms with van der Waals surface area (Å²) in [5.41, 5.74) is 1.57. The second kappa shape index (κ2) is 7.97. The number of hydrogen-bond acceptors (Lipinski definition) is 5. The lowest BCUT2D eigenvalue weighted by atomic mass is 9.86. The van der Waals surface area contributed by atoms with Gasteiger partial charge in [-0.3, -0.25) is 9.58 Å². The van der Waals surface area contributed by atoms with E-state index in [1.807, 2.05) is 0 Å². The van der Waals surface area contributed by atoms with Gasteiger partial charge in [0.25, 0.3) is 0 Å². The summed E-state index contributed by atoms with van der Waals surface area (Å²) < 4.78 is 1.80. The van der Waals surface area contributed by atoms with Crippen molar-refractivity contribution >= 4 is 5.97 Å². The van der Waals surface area contributed by atoms with E-state index in [9.17, 15) is 15.0 Å². The zero-order valence-corrected chi connectivity index (χ0v) is 16.6. The highest BCUT2D eigenvalue weighted by Gasteiger charge is 2.38. The minimum Gasteiger partial charge on any atom is -0.476 e. The zero-order valence-electron chi connectivity index (χ0n) is 16.6. The number of carboxylic acid groups (broad SMARTS) is 1. The highest BCUT2D eigenvalue weighted by atomic mass is 16.4. The molecule has 1 aromatic heterocycles. The van der Waals surface area contributed by atoms with Crippen LogP contribution in [0.3, 0.4) is 0 Å². The predicted molar refractivity (Wildman–Crippen MR) is 107 cm³/mol. The van der Waals surface area contributed by atoms with E-state index in [4.69, 9.17) is 0 Å². The average Bonchev–Trinajstić information content (AvgIpc) is 3.30. The van der Waals surface area contributed by atoms with Crippen LogP contribution < -0.4 is 0 Å². The topological polar surface area (TPSA) is 81.8 Å². The molecule has 7 nitrogen and oxygen atoms in total. The number of carbonyl (C=O) groups is 1. The quantitative estimate of drug-likeness (QED) is 0.720. The van der Waals surface area contributed by atoms with Crippen LogP contribution in [-0.2, 0) is 19.4 Å². The standard InChI is InChI=1S/C21H32N4O3/c1-2-9-25-18-6-5-16(14-17(18)19(22-25)20(26)27)24-12-7-21(28,8-13-24)15-23-10-3-4-11-23/h2,16,28H,1,3-15H2,(H,26,27). The number of β-amino-alcohol motifs (C(OH)–C–C–N with tert-alkyl or cyclic N) is 1. The van der Waals surface area contributed by atoms with Crippen molar-refractivity contribution in [2.45, 2.75) is 63.1 Å². The third-order valence-corrected chi connectivity index (χ3v) is 6.79. The van der Waals surface area contributed by atoms with E-state index in [0.717, 1.165) is 76.1 Å². The molecule has 0 radical (unpaired) electrons. The first-order valence-electron chi connectivity index (χ1n) is 10.6. The number of aromatic nitrogens is 2. The maximum atomic E-state index is 11.7. The molecule has 4 rings (SSSR count). The van der Waals surface area contributed by atoms with Crippen molar-refractivity contribution in [1.82, 2.24) is 19.6 Å². The Hall–Kier alpha value is -1.70. The molecule has 0 amide bonds. The second-order valence-corrected chi connectivity index (χ2v) is 8.69. The molecule has 154 valence electrons. The minimum atomic E-state index is -0.946. The zero-order chi connectivity index (χ0) is 19.7. The van der Waals surface area contributed by atoms with Crippen LogP contribution in [0.15, 0.2) is 12.7 Å². The summed E-state index contributed by atoms with van der Waals surface area (Å²) in [6.07, 6.45) is 8.45. The number of hydrogen-bond donors (Lipinski definition) is 2. The van der Waals surface area contributed by atoms with Crippen LogP contribution in [0.2, 0.25) is 0 Å². The highest BCUT2D eigenvalue weighted by Crippen LogP contribution is 2.32. The van der Waals surface area contributed by atoms with E-state index in [1.54, 1.807) is 10.8 Å². The SMILES string of the molecule is C=CCn1nc(C(=O)O)c2c1CCC(N1CCC(O)(CN3CCCC3)CC1)C2. The van der Waals surface area contributed by atoms with Crippen molar-refractivity contribution in [1.29, 1.82) is 0 Å². The van der Waals surface area contributed by atoms with Crippen LogP contribution >= 0.6 is 0 Å². The predicted octanol–water partition coefficient (Wildman–Crippen LogP) is 1.55. The molecule has 1 aliphatic carbocycles. The molecule has 1 aromatic rings. The molecule has 7 heteroatoms. The Kier molecular flexibility index (Phi) is 5.58. The Balaban J connectivity index is 1.41. The van der Waals surface area contributed by atoms with Crippen LogP contribution in [0, 0.1) is 0 Å². The molecule has 28 heavy (non-hydrogen) atoms. The van der Waals surface area contributed by atoms with Crippen LogP contribution in [0.1, 0.15) is 53.8 Å². The molecule has 1 unspecified atom stereocenters. The summed E-state index contributed by atoms with van der Waals surface area (Å²) in [7, 11) is 0. The fourth-order valence-corrected chi connectivity index (χ4v) is 5.25. The van der Waals surface area contributed by atoms with Crippen LogP contribution in [0.5, 0.6) is 0 Å². The van der Waals surface area contributed by atoms with Gasteiger partial charge < -0.3 is 15.1 Å². The molecule has 1 atom stereocenters. The van der Waals surface area contributed by atoms with Gasteiger partial charge in [-0.1, -0.05) is 6.08 Å². The number of fused-ring (bicyclic) bond motifs is 1. The summed E-state index contributed by atoms with van der Waals surface area (Å²) in [5.74, 6) is -0.946. The monoisotopic (exact) mass is 388 g/mol. The highest BCUT2D eigenvalue weighted by molar-refractivity contribution is 5.87. The van der Waals surface area contributed by atoms with E-state index in [2.05, 4.69) is 21.5 Å². The Bertz CT molecular complexity index is 730. The lowest BCUT2D eigenvalue weighted by molar-refractivity contribution is -0.0504. The molecule has 2 N–H and O–H groups in total. The summed E-state index contributed by atoms with van der Waals surface area (Å²) in [4.78, 5) is 16.5. The molecule has 2 fully saturated rings. The Labute approximate surface area is 166 Å². The number of aliphatic hydroxyl groups is 1. The van der Waals surface area contributed by atoms with Crippen molar-refractivity contribution in [3.05, 3.63) is 29.6 Å². The van der Waals surface area contributed by atoms with Crippen molar-refractivity contribution in [2.75, 3.05) is 32.7 Å². The number of carboxylic acids is 1. The van der Waals surface area contributed by atoms with Gasteiger partial charge in [-0.05, 0) is 58.0 Å². The third-order valence-electron chi connectivity index (χ3n) is 6.79. The van der Waals surface area contributed by atoms with Crippen molar-refractivity contribution in [3.8, 4) is 0 Å². The Morgan fingerprint density at radius 2 is 1.96 bits per heavy atom. The second-order valence-electron chi connectivity index (χ2n) is 8.69. The number of allylic oxidation sites excluding steroid dienone is 1. The van der Waals surface area contributed by atoms with Gasteiger partial charge in [0.1, 0.15) is 0 Å². The number of aromatic carboxylic acids is 1. The van der Waals surface area contributed by atoms with Crippen molar-refractivity contribution in [2.24, 2.45) is 0 Å². The number of piperidine rings is 1. The van der Waals surface area contributed by atoms with Gasteiger partial charge in [-0.25, -0.2) is 4.79 Å². The first kappa shape index (κ1) is 19.6. The van der Waals surface area contributed by atoms with E-state index >= 15 is 0 Å². The molecule has 2 saturated heterocycles. The molecule has 3 heterocycles. The maximum absolute atomic E-state index is 11.7. The molecule has 0 bridgehead atoms. The van der Waals surface area contributed by atoms with Gasteiger partial charge in [-0.2, -0.15) is 5.10 Å². The smallest absolute Gasteiger partial charge is 0.356 e. The molecule has 0 spiro atoms. The largest absolute Gasteiger partial charge is 0.476 e.